The van der Waals surface area contributed by atoms with E-state index in [-0.39, 0.29) is 11.4 Å². The summed E-state index contributed by atoms with van der Waals surface area (Å²) in [5.41, 5.74) is 7.65. The highest BCUT2D eigenvalue weighted by Crippen LogP contribution is 2.20. The molecule has 0 aromatic heterocycles. The van der Waals surface area contributed by atoms with Gasteiger partial charge in [-0.15, -0.1) is 0 Å². The van der Waals surface area contributed by atoms with Crippen molar-refractivity contribution in [2.45, 2.75) is 45.6 Å². The first kappa shape index (κ1) is 12.2. The van der Waals surface area contributed by atoms with Crippen LogP contribution in [0.15, 0.2) is 18.2 Å². The van der Waals surface area contributed by atoms with E-state index in [0.717, 1.165) is 11.1 Å². The van der Waals surface area contributed by atoms with Crippen molar-refractivity contribution >= 4 is 0 Å². The summed E-state index contributed by atoms with van der Waals surface area (Å²) in [7, 11) is 0. The van der Waals surface area contributed by atoms with Crippen LogP contribution < -0.4 is 5.73 Å². The normalized spacial score (nSPS) is 12.2. The summed E-state index contributed by atoms with van der Waals surface area (Å²) >= 11 is 0. The molecule has 2 heteroatoms. The molecule has 15 heavy (non-hydrogen) atoms. The Kier molecular flexibility index (Phi) is 3.50. The van der Waals surface area contributed by atoms with Crippen molar-refractivity contribution in [1.82, 2.24) is 0 Å². The maximum atomic E-state index is 13.3. The third kappa shape index (κ3) is 4.00. The lowest BCUT2D eigenvalue weighted by molar-refractivity contribution is 0.513. The molecule has 0 heterocycles. The number of hydrogen-bond donors (Lipinski definition) is 1. The molecule has 0 saturated carbocycles. The maximum Gasteiger partial charge on any atom is 0.123 e. The molecule has 0 unspecified atom stereocenters. The van der Waals surface area contributed by atoms with E-state index in [1.807, 2.05) is 19.9 Å². The zero-order valence-corrected chi connectivity index (χ0v) is 9.97. The maximum absolute atomic E-state index is 13.3. The second-order valence-electron chi connectivity index (χ2n) is 5.21. The fourth-order valence-electron chi connectivity index (χ4n) is 1.64. The van der Waals surface area contributed by atoms with Crippen molar-refractivity contribution in [3.63, 3.8) is 0 Å². The van der Waals surface area contributed by atoms with Gasteiger partial charge in [0.25, 0.3) is 0 Å². The van der Waals surface area contributed by atoms with Gasteiger partial charge in [0.05, 0.1) is 0 Å². The largest absolute Gasteiger partial charge is 0.325 e. The average molecular weight is 209 g/mol. The SMILES string of the molecule is CC(C)c1cc(F)cc(CC(C)(C)N)c1. The van der Waals surface area contributed by atoms with Gasteiger partial charge in [-0.1, -0.05) is 19.9 Å². The van der Waals surface area contributed by atoms with E-state index in [9.17, 15) is 4.39 Å². The first-order valence-electron chi connectivity index (χ1n) is 5.36. The molecule has 0 bridgehead atoms. The standard InChI is InChI=1S/C13H20FN/c1-9(2)11-5-10(6-12(14)7-11)8-13(3,4)15/h5-7,9H,8,15H2,1-4H3. The van der Waals surface area contributed by atoms with Crippen molar-refractivity contribution in [2.75, 3.05) is 0 Å². The van der Waals surface area contributed by atoms with Crippen molar-refractivity contribution in [1.29, 1.82) is 0 Å². The molecule has 1 aromatic carbocycles. The van der Waals surface area contributed by atoms with Crippen LogP contribution in [0.5, 0.6) is 0 Å². The minimum atomic E-state index is -0.290. The predicted molar refractivity (Wildman–Crippen MR) is 62.5 cm³/mol. The molecule has 0 aliphatic carbocycles. The van der Waals surface area contributed by atoms with Crippen LogP contribution >= 0.6 is 0 Å². The Hall–Kier alpha value is -0.890. The molecule has 0 atom stereocenters. The Morgan fingerprint density at radius 2 is 1.87 bits per heavy atom. The Morgan fingerprint density at radius 3 is 2.33 bits per heavy atom. The number of hydrogen-bond acceptors (Lipinski definition) is 1. The molecule has 0 fully saturated rings. The summed E-state index contributed by atoms with van der Waals surface area (Å²) < 4.78 is 13.3. The minimum absolute atomic E-state index is 0.166. The van der Waals surface area contributed by atoms with Gasteiger partial charge in [0.2, 0.25) is 0 Å². The smallest absolute Gasteiger partial charge is 0.123 e. The molecule has 84 valence electrons. The molecular weight excluding hydrogens is 189 g/mol. The molecule has 0 radical (unpaired) electrons. The fraction of sp³-hybridized carbons (Fsp3) is 0.538. The Balaban J connectivity index is 2.99. The molecule has 0 amide bonds. The summed E-state index contributed by atoms with van der Waals surface area (Å²) in [6, 6.07) is 5.21. The van der Waals surface area contributed by atoms with Gasteiger partial charge < -0.3 is 5.73 Å². The molecular formula is C13H20FN. The van der Waals surface area contributed by atoms with Gasteiger partial charge >= 0.3 is 0 Å². The number of halogens is 1. The van der Waals surface area contributed by atoms with Gasteiger partial charge in [-0.3, -0.25) is 0 Å². The Bertz CT molecular complexity index is 337. The number of rotatable bonds is 3. The highest BCUT2D eigenvalue weighted by molar-refractivity contribution is 5.28. The summed E-state index contributed by atoms with van der Waals surface area (Å²) in [6.07, 6.45) is 0.699. The second kappa shape index (κ2) is 4.31. The van der Waals surface area contributed by atoms with Crippen molar-refractivity contribution < 1.29 is 4.39 Å². The van der Waals surface area contributed by atoms with Crippen molar-refractivity contribution in [3.05, 3.63) is 35.1 Å². The van der Waals surface area contributed by atoms with E-state index in [0.29, 0.717) is 12.3 Å². The molecule has 0 aliphatic rings. The molecule has 1 rings (SSSR count). The molecule has 0 aliphatic heterocycles. The lowest BCUT2D eigenvalue weighted by atomic mass is 9.93. The third-order valence-corrected chi connectivity index (χ3v) is 2.31. The number of benzene rings is 1. The predicted octanol–water partition coefficient (Wildman–Crippen LogP) is 3.23. The third-order valence-electron chi connectivity index (χ3n) is 2.31. The van der Waals surface area contributed by atoms with Crippen LogP contribution in [0.4, 0.5) is 4.39 Å². The van der Waals surface area contributed by atoms with Gasteiger partial charge in [-0.2, -0.15) is 0 Å². The average Bonchev–Trinajstić information content (AvgIpc) is 1.99. The zero-order chi connectivity index (χ0) is 11.6. The van der Waals surface area contributed by atoms with Gasteiger partial charge in [-0.25, -0.2) is 4.39 Å². The zero-order valence-electron chi connectivity index (χ0n) is 9.97. The topological polar surface area (TPSA) is 26.0 Å². The molecule has 0 spiro atoms. The first-order chi connectivity index (χ1) is 6.78. The second-order valence-corrected chi connectivity index (χ2v) is 5.21. The lowest BCUT2D eigenvalue weighted by Gasteiger charge is -2.19. The van der Waals surface area contributed by atoms with Crippen LogP contribution in [-0.4, -0.2) is 5.54 Å². The summed E-state index contributed by atoms with van der Waals surface area (Å²) in [5, 5.41) is 0. The van der Waals surface area contributed by atoms with Crippen LogP contribution in [0.3, 0.4) is 0 Å². The van der Waals surface area contributed by atoms with E-state index >= 15 is 0 Å². The van der Waals surface area contributed by atoms with Gasteiger partial charge in [-0.05, 0) is 49.4 Å². The monoisotopic (exact) mass is 209 g/mol. The van der Waals surface area contributed by atoms with E-state index in [1.165, 1.54) is 0 Å². The van der Waals surface area contributed by atoms with Crippen LogP contribution in [0, 0.1) is 5.82 Å². The van der Waals surface area contributed by atoms with Crippen LogP contribution in [0.25, 0.3) is 0 Å². The fourth-order valence-corrected chi connectivity index (χ4v) is 1.64. The van der Waals surface area contributed by atoms with Gasteiger partial charge in [0, 0.05) is 5.54 Å². The first-order valence-corrected chi connectivity index (χ1v) is 5.36. The van der Waals surface area contributed by atoms with Crippen LogP contribution in [-0.2, 0) is 6.42 Å². The van der Waals surface area contributed by atoms with Crippen molar-refractivity contribution in [2.24, 2.45) is 5.73 Å². The van der Waals surface area contributed by atoms with E-state index in [2.05, 4.69) is 13.8 Å². The van der Waals surface area contributed by atoms with Gasteiger partial charge in [0.1, 0.15) is 5.82 Å². The summed E-state index contributed by atoms with van der Waals surface area (Å²) in [5.74, 6) is 0.181. The van der Waals surface area contributed by atoms with E-state index in [1.54, 1.807) is 12.1 Å². The quantitative estimate of drug-likeness (QED) is 0.812. The lowest BCUT2D eigenvalue weighted by Crippen LogP contribution is -2.34. The highest BCUT2D eigenvalue weighted by Gasteiger charge is 2.13. The Labute approximate surface area is 91.5 Å². The van der Waals surface area contributed by atoms with Crippen LogP contribution in [0.1, 0.15) is 44.7 Å². The number of nitrogens with two attached hydrogens (primary N) is 1. The summed E-state index contributed by atoms with van der Waals surface area (Å²) in [6.45, 7) is 8.03. The van der Waals surface area contributed by atoms with Crippen molar-refractivity contribution in [3.8, 4) is 0 Å². The highest BCUT2D eigenvalue weighted by atomic mass is 19.1. The molecule has 2 N–H and O–H groups in total. The Morgan fingerprint density at radius 1 is 1.27 bits per heavy atom. The van der Waals surface area contributed by atoms with E-state index < -0.39 is 0 Å². The molecule has 1 nitrogen and oxygen atoms in total. The molecule has 1 aromatic rings. The summed E-state index contributed by atoms with van der Waals surface area (Å²) in [4.78, 5) is 0. The minimum Gasteiger partial charge on any atom is -0.325 e. The molecule has 0 saturated heterocycles. The van der Waals surface area contributed by atoms with Crippen LogP contribution in [0.2, 0.25) is 0 Å². The van der Waals surface area contributed by atoms with Gasteiger partial charge in [0.15, 0.2) is 0 Å². The van der Waals surface area contributed by atoms with E-state index in [4.69, 9.17) is 5.73 Å².